The van der Waals surface area contributed by atoms with Crippen molar-refractivity contribution in [2.75, 3.05) is 37.9 Å². The van der Waals surface area contributed by atoms with Crippen molar-refractivity contribution in [3.63, 3.8) is 0 Å². The molecule has 25 heavy (non-hydrogen) atoms. The molecule has 0 aromatic heterocycles. The summed E-state index contributed by atoms with van der Waals surface area (Å²) in [5, 5.41) is 0. The maximum absolute atomic E-state index is 11.7. The van der Waals surface area contributed by atoms with E-state index >= 15 is 0 Å². The van der Waals surface area contributed by atoms with E-state index in [0.717, 1.165) is 51.1 Å². The number of benzene rings is 1. The zero-order chi connectivity index (χ0) is 18.0. The Morgan fingerprint density at radius 3 is 2.60 bits per heavy atom. The molecule has 0 N–H and O–H groups in total. The molecular formula is C20H32N2O2S. The molecule has 140 valence electrons. The number of ether oxygens (including phenoxy) is 1. The third-order valence-corrected chi connectivity index (χ3v) is 6.92. The SMILES string of the molecule is CCCOc1c(C2CCN(S(C)=O)CC2)ccc2c1CCC(C)N2C. The molecule has 2 heterocycles. The van der Waals surface area contributed by atoms with Gasteiger partial charge in [0.15, 0.2) is 0 Å². The standard InChI is InChI=1S/C20H32N2O2S/c1-5-14-24-20-17(16-10-12-22(13-11-16)25(4)23)8-9-19-18(20)7-6-15(2)21(19)3/h8-9,15-16H,5-7,10-14H2,1-4H3. The van der Waals surface area contributed by atoms with Crippen molar-refractivity contribution >= 4 is 16.7 Å². The molecule has 1 fully saturated rings. The molecule has 3 rings (SSSR count). The number of fused-ring (bicyclic) bond motifs is 1. The smallest absolute Gasteiger partial charge is 0.128 e. The molecule has 2 atom stereocenters. The first kappa shape index (κ1) is 18.7. The maximum atomic E-state index is 11.7. The molecule has 0 aliphatic carbocycles. The molecular weight excluding hydrogens is 332 g/mol. The van der Waals surface area contributed by atoms with Gasteiger partial charge in [0, 0.05) is 43.7 Å². The van der Waals surface area contributed by atoms with Gasteiger partial charge in [-0.15, -0.1) is 0 Å². The van der Waals surface area contributed by atoms with Gasteiger partial charge in [-0.05, 0) is 56.6 Å². The predicted molar refractivity (Wildman–Crippen MR) is 106 cm³/mol. The van der Waals surface area contributed by atoms with Crippen LogP contribution < -0.4 is 9.64 Å². The van der Waals surface area contributed by atoms with Crippen LogP contribution in [0.4, 0.5) is 5.69 Å². The molecule has 0 radical (unpaired) electrons. The molecule has 2 aliphatic rings. The zero-order valence-electron chi connectivity index (χ0n) is 16.1. The maximum Gasteiger partial charge on any atom is 0.128 e. The zero-order valence-corrected chi connectivity index (χ0v) is 16.9. The largest absolute Gasteiger partial charge is 0.493 e. The molecule has 0 bridgehead atoms. The van der Waals surface area contributed by atoms with Crippen LogP contribution in [-0.4, -0.2) is 47.6 Å². The summed E-state index contributed by atoms with van der Waals surface area (Å²) in [5.41, 5.74) is 4.10. The second-order valence-corrected chi connectivity index (χ2v) is 8.82. The van der Waals surface area contributed by atoms with Gasteiger partial charge in [-0.3, -0.25) is 0 Å². The first-order chi connectivity index (χ1) is 12.0. The number of piperidine rings is 1. The Morgan fingerprint density at radius 2 is 1.96 bits per heavy atom. The Balaban J connectivity index is 1.90. The number of rotatable bonds is 5. The fourth-order valence-electron chi connectivity index (χ4n) is 4.11. The summed E-state index contributed by atoms with van der Waals surface area (Å²) in [6.45, 7) is 7.06. The van der Waals surface area contributed by atoms with Crippen LogP contribution in [0.3, 0.4) is 0 Å². The van der Waals surface area contributed by atoms with E-state index in [9.17, 15) is 4.21 Å². The van der Waals surface area contributed by atoms with E-state index in [-0.39, 0.29) is 0 Å². The van der Waals surface area contributed by atoms with E-state index in [1.54, 1.807) is 6.26 Å². The van der Waals surface area contributed by atoms with E-state index < -0.39 is 11.0 Å². The fourth-order valence-corrected chi connectivity index (χ4v) is 4.84. The third-order valence-electron chi connectivity index (χ3n) is 5.83. The molecule has 2 aliphatic heterocycles. The van der Waals surface area contributed by atoms with E-state index in [1.165, 1.54) is 23.2 Å². The van der Waals surface area contributed by atoms with Crippen molar-refractivity contribution < 1.29 is 8.95 Å². The van der Waals surface area contributed by atoms with Gasteiger partial charge >= 0.3 is 0 Å². The molecule has 0 saturated carbocycles. The average molecular weight is 365 g/mol. The van der Waals surface area contributed by atoms with Gasteiger partial charge in [-0.2, -0.15) is 0 Å². The van der Waals surface area contributed by atoms with Gasteiger partial charge in [0.05, 0.1) is 17.6 Å². The molecule has 1 aromatic rings. The lowest BCUT2D eigenvalue weighted by molar-refractivity contribution is 0.294. The van der Waals surface area contributed by atoms with Crippen LogP contribution in [0.5, 0.6) is 5.75 Å². The quantitative estimate of drug-likeness (QED) is 0.798. The highest BCUT2D eigenvalue weighted by Crippen LogP contribution is 2.43. The molecule has 1 saturated heterocycles. The van der Waals surface area contributed by atoms with Crippen LogP contribution in [0.15, 0.2) is 12.1 Å². The highest BCUT2D eigenvalue weighted by Gasteiger charge is 2.29. The van der Waals surface area contributed by atoms with Crippen LogP contribution in [0, 0.1) is 0 Å². The van der Waals surface area contributed by atoms with Crippen LogP contribution in [0.2, 0.25) is 0 Å². The summed E-state index contributed by atoms with van der Waals surface area (Å²) in [7, 11) is 1.35. The minimum absolute atomic E-state index is 0.515. The van der Waals surface area contributed by atoms with Gasteiger partial charge in [0.25, 0.3) is 0 Å². The number of anilines is 1. The molecule has 2 unspecified atom stereocenters. The van der Waals surface area contributed by atoms with Gasteiger partial charge in [-0.25, -0.2) is 8.51 Å². The summed E-state index contributed by atoms with van der Waals surface area (Å²) in [6.07, 6.45) is 7.23. The normalized spacial score (nSPS) is 23.4. The second-order valence-electron chi connectivity index (χ2n) is 7.46. The summed E-state index contributed by atoms with van der Waals surface area (Å²) in [5.74, 6) is 1.66. The Kier molecular flexibility index (Phi) is 6.05. The summed E-state index contributed by atoms with van der Waals surface area (Å²) in [6, 6.07) is 5.17. The van der Waals surface area contributed by atoms with Gasteiger partial charge in [0.2, 0.25) is 0 Å². The summed E-state index contributed by atoms with van der Waals surface area (Å²) < 4.78 is 20.1. The first-order valence-electron chi connectivity index (χ1n) is 9.62. The highest BCUT2D eigenvalue weighted by molar-refractivity contribution is 7.81. The Labute approximate surface area is 155 Å². The van der Waals surface area contributed by atoms with Crippen LogP contribution in [0.1, 0.15) is 56.6 Å². The summed E-state index contributed by atoms with van der Waals surface area (Å²) >= 11 is 0. The molecule has 1 aromatic carbocycles. The van der Waals surface area contributed by atoms with Crippen molar-refractivity contribution in [1.82, 2.24) is 4.31 Å². The van der Waals surface area contributed by atoms with E-state index in [0.29, 0.717) is 12.0 Å². The first-order valence-corrected chi connectivity index (χ1v) is 11.1. The van der Waals surface area contributed by atoms with Gasteiger partial charge < -0.3 is 9.64 Å². The lowest BCUT2D eigenvalue weighted by Gasteiger charge is -2.37. The van der Waals surface area contributed by atoms with Gasteiger partial charge in [-0.1, -0.05) is 13.0 Å². The monoisotopic (exact) mass is 364 g/mol. The minimum Gasteiger partial charge on any atom is -0.493 e. The fraction of sp³-hybridized carbons (Fsp3) is 0.700. The van der Waals surface area contributed by atoms with Crippen LogP contribution in [0.25, 0.3) is 0 Å². The molecule has 5 heteroatoms. The average Bonchev–Trinajstić information content (AvgIpc) is 2.62. The Morgan fingerprint density at radius 1 is 1.24 bits per heavy atom. The van der Waals surface area contributed by atoms with Crippen molar-refractivity contribution in [3.8, 4) is 5.75 Å². The number of hydrogen-bond donors (Lipinski definition) is 0. The van der Waals surface area contributed by atoms with Crippen molar-refractivity contribution in [3.05, 3.63) is 23.3 Å². The van der Waals surface area contributed by atoms with Crippen LogP contribution >= 0.6 is 0 Å². The van der Waals surface area contributed by atoms with E-state index in [1.807, 2.05) is 0 Å². The molecule has 4 nitrogen and oxygen atoms in total. The lowest BCUT2D eigenvalue weighted by Crippen LogP contribution is -2.35. The van der Waals surface area contributed by atoms with E-state index in [2.05, 4.69) is 42.2 Å². The van der Waals surface area contributed by atoms with E-state index in [4.69, 9.17) is 4.74 Å². The van der Waals surface area contributed by atoms with Crippen molar-refractivity contribution in [2.45, 2.75) is 57.9 Å². The summed E-state index contributed by atoms with van der Waals surface area (Å²) in [4.78, 5) is 2.39. The topological polar surface area (TPSA) is 32.8 Å². The van der Waals surface area contributed by atoms with Crippen molar-refractivity contribution in [1.29, 1.82) is 0 Å². The van der Waals surface area contributed by atoms with Crippen molar-refractivity contribution in [2.24, 2.45) is 0 Å². The van der Waals surface area contributed by atoms with Gasteiger partial charge in [0.1, 0.15) is 5.75 Å². The number of hydrogen-bond acceptors (Lipinski definition) is 3. The third kappa shape index (κ3) is 3.87. The van der Waals surface area contributed by atoms with Crippen LogP contribution in [-0.2, 0) is 17.4 Å². The molecule has 0 spiro atoms. The molecule has 0 amide bonds. The second kappa shape index (κ2) is 8.09. The highest BCUT2D eigenvalue weighted by atomic mass is 32.2. The minimum atomic E-state index is -0.849. The lowest BCUT2D eigenvalue weighted by atomic mass is 9.85. The predicted octanol–water partition coefficient (Wildman–Crippen LogP) is 3.72. The Hall–Kier alpha value is -1.07. The number of nitrogens with zero attached hydrogens (tertiary/aromatic N) is 2. The Bertz CT molecular complexity index is 626.